The van der Waals surface area contributed by atoms with Crippen molar-refractivity contribution in [2.45, 2.75) is 54.4 Å². The molecule has 0 atom stereocenters. The minimum absolute atomic E-state index is 0.104. The average molecular weight is 237 g/mol. The smallest absolute Gasteiger partial charge is 0.183 e. The van der Waals surface area contributed by atoms with Crippen molar-refractivity contribution in [1.29, 1.82) is 5.41 Å². The van der Waals surface area contributed by atoms with Gasteiger partial charge in [-0.15, -0.1) is 0 Å². The van der Waals surface area contributed by atoms with Crippen LogP contribution in [0.15, 0.2) is 23.8 Å². The summed E-state index contributed by atoms with van der Waals surface area (Å²) >= 11 is 0. The fourth-order valence-corrected chi connectivity index (χ4v) is 1.25. The maximum absolute atomic E-state index is 11.5. The first-order chi connectivity index (χ1) is 7.90. The highest BCUT2D eigenvalue weighted by Crippen LogP contribution is 2.10. The zero-order valence-electron chi connectivity index (χ0n) is 12.2. The molecule has 0 aromatic heterocycles. The van der Waals surface area contributed by atoms with Gasteiger partial charge in [0.15, 0.2) is 5.78 Å². The summed E-state index contributed by atoms with van der Waals surface area (Å²) in [6.45, 7) is 15.4. The summed E-state index contributed by atoms with van der Waals surface area (Å²) < 4.78 is 0. The van der Waals surface area contributed by atoms with Crippen LogP contribution < -0.4 is 0 Å². The Bertz CT molecular complexity index is 298. The van der Waals surface area contributed by atoms with Gasteiger partial charge in [-0.1, -0.05) is 59.3 Å². The number of Topliss-reactive ketones (excluding diaryl/α,β-unsaturated/α-hetero) is 1. The summed E-state index contributed by atoms with van der Waals surface area (Å²) in [7, 11) is 0. The second kappa shape index (κ2) is 10.0. The van der Waals surface area contributed by atoms with E-state index in [4.69, 9.17) is 5.41 Å². The summed E-state index contributed by atoms with van der Waals surface area (Å²) in [6.07, 6.45) is 3.79. The topological polar surface area (TPSA) is 40.9 Å². The number of carbonyl (C=O) groups excluding carboxylic acids is 1. The Labute approximate surface area is 106 Å². The van der Waals surface area contributed by atoms with E-state index in [1.165, 1.54) is 0 Å². The van der Waals surface area contributed by atoms with E-state index in [9.17, 15) is 4.79 Å². The minimum Gasteiger partial charge on any atom is -0.297 e. The Kier molecular flexibility index (Phi) is 10.7. The normalized spacial score (nSPS) is 10.6. The van der Waals surface area contributed by atoms with Crippen LogP contribution in [0, 0.1) is 11.3 Å². The fraction of sp³-hybridized carbons (Fsp3) is 0.600. The summed E-state index contributed by atoms with van der Waals surface area (Å²) in [5, 5.41) is 7.70. The van der Waals surface area contributed by atoms with Crippen LogP contribution in [0.1, 0.15) is 54.4 Å². The van der Waals surface area contributed by atoms with Gasteiger partial charge in [0.05, 0.1) is 0 Å². The quantitative estimate of drug-likeness (QED) is 0.534. The van der Waals surface area contributed by atoms with Crippen LogP contribution in [0.3, 0.4) is 0 Å². The Morgan fingerprint density at radius 2 is 1.82 bits per heavy atom. The molecule has 0 amide bonds. The van der Waals surface area contributed by atoms with Crippen molar-refractivity contribution in [2.24, 2.45) is 5.92 Å². The SMILES string of the molecule is C=C(/C=C(/C)C(=N)C(=O)C(C)C)CCC.CC. The molecule has 0 bridgehead atoms. The van der Waals surface area contributed by atoms with Gasteiger partial charge in [-0.25, -0.2) is 0 Å². The van der Waals surface area contributed by atoms with Gasteiger partial charge in [0.25, 0.3) is 0 Å². The lowest BCUT2D eigenvalue weighted by atomic mass is 9.98. The van der Waals surface area contributed by atoms with Crippen LogP contribution in [0.5, 0.6) is 0 Å². The highest BCUT2D eigenvalue weighted by molar-refractivity contribution is 6.45. The van der Waals surface area contributed by atoms with Gasteiger partial charge in [0, 0.05) is 5.92 Å². The van der Waals surface area contributed by atoms with Gasteiger partial charge in [0.1, 0.15) is 5.71 Å². The van der Waals surface area contributed by atoms with E-state index >= 15 is 0 Å². The maximum atomic E-state index is 11.5. The Hall–Kier alpha value is -1.18. The molecule has 0 aliphatic rings. The van der Waals surface area contributed by atoms with Gasteiger partial charge >= 0.3 is 0 Å². The van der Waals surface area contributed by atoms with Crippen LogP contribution in [0.2, 0.25) is 0 Å². The molecule has 2 heteroatoms. The lowest BCUT2D eigenvalue weighted by Gasteiger charge is -2.07. The molecular weight excluding hydrogens is 210 g/mol. The van der Waals surface area contributed by atoms with Crippen molar-refractivity contribution in [1.82, 2.24) is 0 Å². The van der Waals surface area contributed by atoms with Crippen LogP contribution in [-0.2, 0) is 4.79 Å². The maximum Gasteiger partial charge on any atom is 0.183 e. The van der Waals surface area contributed by atoms with Crippen molar-refractivity contribution in [3.05, 3.63) is 23.8 Å². The van der Waals surface area contributed by atoms with Crippen LogP contribution >= 0.6 is 0 Å². The molecule has 0 saturated heterocycles. The molecule has 0 aliphatic carbocycles. The second-order valence-corrected chi connectivity index (χ2v) is 4.13. The highest BCUT2D eigenvalue weighted by Gasteiger charge is 2.14. The molecule has 0 rings (SSSR count). The van der Waals surface area contributed by atoms with E-state index in [2.05, 4.69) is 13.5 Å². The van der Waals surface area contributed by atoms with Crippen LogP contribution in [-0.4, -0.2) is 11.5 Å². The largest absolute Gasteiger partial charge is 0.297 e. The van der Waals surface area contributed by atoms with E-state index in [1.807, 2.05) is 33.8 Å². The number of hydrogen-bond donors (Lipinski definition) is 1. The zero-order valence-corrected chi connectivity index (χ0v) is 12.2. The first kappa shape index (κ1) is 18.2. The fourth-order valence-electron chi connectivity index (χ4n) is 1.25. The molecule has 1 N–H and O–H groups in total. The third kappa shape index (κ3) is 7.67. The molecule has 0 spiro atoms. The van der Waals surface area contributed by atoms with Crippen LogP contribution in [0.4, 0.5) is 0 Å². The third-order valence-electron chi connectivity index (χ3n) is 2.16. The molecule has 0 aromatic rings. The number of ketones is 1. The monoisotopic (exact) mass is 237 g/mol. The molecule has 98 valence electrons. The summed E-state index contributed by atoms with van der Waals surface area (Å²) in [5.41, 5.74) is 1.81. The van der Waals surface area contributed by atoms with Gasteiger partial charge in [-0.3, -0.25) is 10.2 Å². The van der Waals surface area contributed by atoms with E-state index in [0.29, 0.717) is 5.57 Å². The van der Waals surface area contributed by atoms with Gasteiger partial charge in [0.2, 0.25) is 0 Å². The van der Waals surface area contributed by atoms with Gasteiger partial charge in [-0.05, 0) is 18.9 Å². The molecular formula is C15H27NO. The van der Waals surface area contributed by atoms with E-state index in [0.717, 1.165) is 18.4 Å². The number of hydrogen-bond acceptors (Lipinski definition) is 2. The Morgan fingerprint density at radius 1 is 1.35 bits per heavy atom. The first-order valence-corrected chi connectivity index (χ1v) is 6.39. The summed E-state index contributed by atoms with van der Waals surface area (Å²) in [5.74, 6) is -0.215. The lowest BCUT2D eigenvalue weighted by molar-refractivity contribution is -0.115. The van der Waals surface area contributed by atoms with Gasteiger partial charge < -0.3 is 0 Å². The number of nitrogens with one attached hydrogen (secondary N) is 1. The van der Waals surface area contributed by atoms with E-state index < -0.39 is 0 Å². The van der Waals surface area contributed by atoms with Gasteiger partial charge in [-0.2, -0.15) is 0 Å². The molecule has 0 fully saturated rings. The molecule has 0 aromatic carbocycles. The number of rotatable bonds is 6. The molecule has 17 heavy (non-hydrogen) atoms. The van der Waals surface area contributed by atoms with Crippen molar-refractivity contribution in [2.75, 3.05) is 0 Å². The molecule has 0 aliphatic heterocycles. The lowest BCUT2D eigenvalue weighted by Crippen LogP contribution is -2.19. The number of carbonyl (C=O) groups is 1. The number of allylic oxidation sites excluding steroid dienone is 3. The molecule has 0 unspecified atom stereocenters. The van der Waals surface area contributed by atoms with Crippen molar-refractivity contribution in [3.63, 3.8) is 0 Å². The molecule has 2 nitrogen and oxygen atoms in total. The standard InChI is InChI=1S/C13H21NO.C2H6/c1-6-7-10(4)8-11(5)12(14)13(15)9(2)3;1-2/h8-9,14H,4,6-7H2,1-3,5H3;1-2H3/b11-8-,14-12?;. The van der Waals surface area contributed by atoms with Crippen LogP contribution in [0.25, 0.3) is 0 Å². The second-order valence-electron chi connectivity index (χ2n) is 4.13. The predicted octanol–water partition coefficient (Wildman–Crippen LogP) is 4.56. The predicted molar refractivity (Wildman–Crippen MR) is 76.7 cm³/mol. The van der Waals surface area contributed by atoms with Crippen molar-refractivity contribution >= 4 is 11.5 Å². The summed E-state index contributed by atoms with van der Waals surface area (Å²) in [6, 6.07) is 0. The first-order valence-electron chi connectivity index (χ1n) is 6.39. The molecule has 0 radical (unpaired) electrons. The Morgan fingerprint density at radius 3 is 2.18 bits per heavy atom. The van der Waals surface area contributed by atoms with Crippen molar-refractivity contribution in [3.8, 4) is 0 Å². The molecule has 0 heterocycles. The Balaban J connectivity index is 0. The van der Waals surface area contributed by atoms with E-state index in [1.54, 1.807) is 6.92 Å². The van der Waals surface area contributed by atoms with E-state index in [-0.39, 0.29) is 17.4 Å². The third-order valence-corrected chi connectivity index (χ3v) is 2.16. The highest BCUT2D eigenvalue weighted by atomic mass is 16.1. The van der Waals surface area contributed by atoms with Crippen molar-refractivity contribution < 1.29 is 4.79 Å². The summed E-state index contributed by atoms with van der Waals surface area (Å²) in [4.78, 5) is 11.5. The molecule has 0 saturated carbocycles. The average Bonchev–Trinajstić information content (AvgIpc) is 2.29. The minimum atomic E-state index is -0.111. The zero-order chi connectivity index (χ0) is 14.0.